The molecule has 0 amide bonds. The number of thiazole rings is 1. The van der Waals surface area contributed by atoms with Gasteiger partial charge in [0.25, 0.3) is 0 Å². The smallest absolute Gasteiger partial charge is 0.303 e. The van der Waals surface area contributed by atoms with E-state index in [1.165, 1.54) is 0 Å². The van der Waals surface area contributed by atoms with Crippen molar-refractivity contribution in [2.24, 2.45) is 0 Å². The summed E-state index contributed by atoms with van der Waals surface area (Å²) < 4.78 is 12.5. The van der Waals surface area contributed by atoms with Crippen molar-refractivity contribution in [3.8, 4) is 11.5 Å². The molecule has 0 aliphatic rings. The van der Waals surface area contributed by atoms with Crippen LogP contribution in [0.1, 0.15) is 37.3 Å². The Balaban J connectivity index is 2.09. The minimum absolute atomic E-state index is 0.0200. The fraction of sp³-hybridized carbons (Fsp3) is 0.273. The summed E-state index contributed by atoms with van der Waals surface area (Å²) in [5.74, 6) is 0.453. The second kappa shape index (κ2) is 8.89. The maximum Gasteiger partial charge on any atom is 0.303 e. The number of fused-ring (bicyclic) bond motifs is 1. The Morgan fingerprint density at radius 2 is 1.96 bits per heavy atom. The molecule has 0 saturated heterocycles. The third kappa shape index (κ3) is 4.70. The summed E-state index contributed by atoms with van der Waals surface area (Å²) in [7, 11) is 1.61. The molecule has 3 aromatic rings. The van der Waals surface area contributed by atoms with E-state index in [0.29, 0.717) is 17.9 Å². The molecular weight excluding hydrogens is 374 g/mol. The van der Waals surface area contributed by atoms with Gasteiger partial charge in [0.1, 0.15) is 5.01 Å². The summed E-state index contributed by atoms with van der Waals surface area (Å²) in [6, 6.07) is 13.6. The van der Waals surface area contributed by atoms with E-state index in [-0.39, 0.29) is 12.5 Å². The molecule has 0 aliphatic carbocycles. The summed E-state index contributed by atoms with van der Waals surface area (Å²) >= 11 is 1.56. The normalized spacial score (nSPS) is 11.8. The topological polar surface area (TPSA) is 68.7 Å². The Kier molecular flexibility index (Phi) is 6.31. The highest BCUT2D eigenvalue weighted by Gasteiger charge is 2.15. The quantitative estimate of drug-likeness (QED) is 0.544. The molecule has 3 rings (SSSR count). The first-order chi connectivity index (χ1) is 13.5. The molecule has 1 heterocycles. The van der Waals surface area contributed by atoms with Crippen molar-refractivity contribution in [3.63, 3.8) is 0 Å². The Labute approximate surface area is 168 Å². The lowest BCUT2D eigenvalue weighted by atomic mass is 10.1. The highest BCUT2D eigenvalue weighted by atomic mass is 32.1. The van der Waals surface area contributed by atoms with Crippen LogP contribution < -0.4 is 9.47 Å². The van der Waals surface area contributed by atoms with E-state index in [4.69, 9.17) is 14.5 Å². The van der Waals surface area contributed by atoms with Crippen LogP contribution in [0.3, 0.4) is 0 Å². The summed E-state index contributed by atoms with van der Waals surface area (Å²) in [6.07, 6.45) is 2.36. The third-order valence-electron chi connectivity index (χ3n) is 4.09. The van der Waals surface area contributed by atoms with E-state index in [1.54, 1.807) is 18.4 Å². The number of methoxy groups -OCH3 is 1. The molecular formula is C22H23NO4S. The molecule has 2 aromatic carbocycles. The van der Waals surface area contributed by atoms with Crippen molar-refractivity contribution < 1.29 is 19.4 Å². The summed E-state index contributed by atoms with van der Waals surface area (Å²) in [4.78, 5) is 15.9. The fourth-order valence-corrected chi connectivity index (χ4v) is 3.86. The third-order valence-corrected chi connectivity index (χ3v) is 5.20. The molecule has 28 heavy (non-hydrogen) atoms. The molecule has 0 fully saturated rings. The molecule has 6 heteroatoms. The molecule has 1 aromatic heterocycles. The molecule has 1 N–H and O–H groups in total. The van der Waals surface area contributed by atoms with Gasteiger partial charge in [-0.3, -0.25) is 4.79 Å². The van der Waals surface area contributed by atoms with Crippen molar-refractivity contribution in [3.05, 3.63) is 53.0 Å². The van der Waals surface area contributed by atoms with Crippen LogP contribution in [0.4, 0.5) is 0 Å². The van der Waals surface area contributed by atoms with Crippen molar-refractivity contribution in [2.75, 3.05) is 7.11 Å². The number of hydrogen-bond donors (Lipinski definition) is 1. The largest absolute Gasteiger partial charge is 0.493 e. The number of aliphatic carboxylic acids is 1. The molecule has 0 atom stereocenters. The molecule has 0 bridgehead atoms. The van der Waals surface area contributed by atoms with Crippen molar-refractivity contribution >= 4 is 39.2 Å². The van der Waals surface area contributed by atoms with E-state index in [9.17, 15) is 9.90 Å². The highest BCUT2D eigenvalue weighted by molar-refractivity contribution is 7.19. The van der Waals surface area contributed by atoms with Gasteiger partial charge in [-0.15, -0.1) is 11.3 Å². The van der Waals surface area contributed by atoms with Crippen LogP contribution in [0.15, 0.2) is 42.5 Å². The average Bonchev–Trinajstić information content (AvgIpc) is 3.09. The Hall–Kier alpha value is -2.86. The lowest BCUT2D eigenvalue weighted by Gasteiger charge is -2.16. The van der Waals surface area contributed by atoms with E-state index in [0.717, 1.165) is 26.4 Å². The zero-order valence-electron chi connectivity index (χ0n) is 16.1. The molecule has 0 saturated carbocycles. The minimum atomic E-state index is -0.837. The van der Waals surface area contributed by atoms with E-state index < -0.39 is 5.97 Å². The van der Waals surface area contributed by atoms with E-state index >= 15 is 0 Å². The number of para-hydroxylation sites is 2. The van der Waals surface area contributed by atoms with Gasteiger partial charge in [0, 0.05) is 12.0 Å². The molecule has 0 unspecified atom stereocenters. The number of carboxylic acid groups (broad SMARTS) is 1. The van der Waals surface area contributed by atoms with Crippen LogP contribution in [0.25, 0.3) is 21.9 Å². The Morgan fingerprint density at radius 3 is 2.64 bits per heavy atom. The standard InChI is InChI=1S/C22H23NO4S/c1-14(2)27-21-15(7-6-9-18(21)26-3)13-16(11-12-20(24)25)22-23-17-8-4-5-10-19(17)28-22/h4-10,13-14H,11-12H2,1-3H3,(H,24,25). The van der Waals surface area contributed by atoms with Gasteiger partial charge < -0.3 is 14.6 Å². The Morgan fingerprint density at radius 1 is 1.18 bits per heavy atom. The van der Waals surface area contributed by atoms with Crippen molar-refractivity contribution in [1.29, 1.82) is 0 Å². The Bertz CT molecular complexity index is 974. The number of benzene rings is 2. The number of allylic oxidation sites excluding steroid dienone is 1. The number of carbonyl (C=O) groups is 1. The number of aromatic nitrogens is 1. The zero-order valence-corrected chi connectivity index (χ0v) is 17.0. The molecule has 5 nitrogen and oxygen atoms in total. The van der Waals surface area contributed by atoms with Crippen LogP contribution in [0.5, 0.6) is 11.5 Å². The van der Waals surface area contributed by atoms with Crippen LogP contribution in [0.2, 0.25) is 0 Å². The maximum absolute atomic E-state index is 11.2. The first kappa shape index (κ1) is 19.9. The van der Waals surface area contributed by atoms with Crippen LogP contribution in [-0.4, -0.2) is 29.3 Å². The van der Waals surface area contributed by atoms with Crippen LogP contribution in [0, 0.1) is 0 Å². The van der Waals surface area contributed by atoms with Crippen LogP contribution in [-0.2, 0) is 4.79 Å². The fourth-order valence-electron chi connectivity index (χ4n) is 2.85. The molecule has 0 aliphatic heterocycles. The van der Waals surface area contributed by atoms with Gasteiger partial charge in [-0.1, -0.05) is 24.3 Å². The SMILES string of the molecule is COc1cccc(C=C(CCC(=O)O)c2nc3ccccc3s2)c1OC(C)C. The minimum Gasteiger partial charge on any atom is -0.493 e. The number of ether oxygens (including phenoxy) is 2. The summed E-state index contributed by atoms with van der Waals surface area (Å²) in [5, 5.41) is 10.0. The average molecular weight is 397 g/mol. The van der Waals surface area contributed by atoms with Gasteiger partial charge >= 0.3 is 5.97 Å². The maximum atomic E-state index is 11.2. The lowest BCUT2D eigenvalue weighted by molar-refractivity contribution is -0.136. The van der Waals surface area contributed by atoms with Gasteiger partial charge in [0.15, 0.2) is 11.5 Å². The van der Waals surface area contributed by atoms with Gasteiger partial charge in [-0.05, 0) is 50.1 Å². The van der Waals surface area contributed by atoms with Crippen molar-refractivity contribution in [2.45, 2.75) is 32.8 Å². The summed E-state index contributed by atoms with van der Waals surface area (Å²) in [5.41, 5.74) is 2.62. The first-order valence-corrected chi connectivity index (χ1v) is 9.91. The molecule has 0 spiro atoms. The number of hydrogen-bond acceptors (Lipinski definition) is 5. The predicted octanol–water partition coefficient (Wildman–Crippen LogP) is 5.50. The van der Waals surface area contributed by atoms with Crippen LogP contribution >= 0.6 is 11.3 Å². The number of carboxylic acids is 1. The predicted molar refractivity (Wildman–Crippen MR) is 113 cm³/mol. The monoisotopic (exact) mass is 397 g/mol. The van der Waals surface area contributed by atoms with Gasteiger partial charge in [-0.25, -0.2) is 4.98 Å². The first-order valence-electron chi connectivity index (χ1n) is 9.10. The zero-order chi connectivity index (χ0) is 20.1. The van der Waals surface area contributed by atoms with E-state index in [2.05, 4.69) is 0 Å². The second-order valence-electron chi connectivity index (χ2n) is 6.60. The summed E-state index contributed by atoms with van der Waals surface area (Å²) in [6.45, 7) is 3.91. The van der Waals surface area contributed by atoms with Crippen molar-refractivity contribution in [1.82, 2.24) is 4.98 Å². The number of nitrogens with zero attached hydrogens (tertiary/aromatic N) is 1. The molecule has 0 radical (unpaired) electrons. The van der Waals surface area contributed by atoms with Gasteiger partial charge in [0.05, 0.1) is 23.4 Å². The molecule has 146 valence electrons. The van der Waals surface area contributed by atoms with E-state index in [1.807, 2.05) is 62.4 Å². The number of rotatable bonds is 8. The van der Waals surface area contributed by atoms with Gasteiger partial charge in [0.2, 0.25) is 0 Å². The van der Waals surface area contributed by atoms with Gasteiger partial charge in [-0.2, -0.15) is 0 Å². The highest BCUT2D eigenvalue weighted by Crippen LogP contribution is 2.37. The second-order valence-corrected chi connectivity index (χ2v) is 7.63. The lowest BCUT2D eigenvalue weighted by Crippen LogP contribution is -2.08.